The van der Waals surface area contributed by atoms with E-state index in [-0.39, 0.29) is 11.5 Å². The Balaban J connectivity index is 2.02. The monoisotopic (exact) mass is 324 g/mol. The quantitative estimate of drug-likeness (QED) is 0.797. The van der Waals surface area contributed by atoms with Gasteiger partial charge in [-0.25, -0.2) is 13.4 Å². The molecule has 6 heteroatoms. The third-order valence-corrected chi connectivity index (χ3v) is 5.78. The summed E-state index contributed by atoms with van der Waals surface area (Å²) in [5.41, 5.74) is 1.86. The summed E-state index contributed by atoms with van der Waals surface area (Å²) < 4.78 is 23.5. The van der Waals surface area contributed by atoms with Crippen LogP contribution in [0.5, 0.6) is 0 Å². The van der Waals surface area contributed by atoms with Crippen LogP contribution in [-0.2, 0) is 15.7 Å². The molecule has 0 aliphatic carbocycles. The number of halogens is 1. The van der Waals surface area contributed by atoms with Crippen molar-refractivity contribution in [3.05, 3.63) is 35.9 Å². The molecule has 0 spiro atoms. The fraction of sp³-hybridized carbons (Fsp3) is 0.400. The number of para-hydroxylation sites is 1. The third-order valence-electron chi connectivity index (χ3n) is 3.78. The van der Waals surface area contributed by atoms with Crippen molar-refractivity contribution in [2.24, 2.45) is 0 Å². The maximum absolute atomic E-state index is 11.7. The lowest BCUT2D eigenvalue weighted by Gasteiger charge is -2.23. The highest BCUT2D eigenvalue weighted by Crippen LogP contribution is 2.26. The van der Waals surface area contributed by atoms with Gasteiger partial charge in [0.2, 0.25) is 0 Å². The van der Waals surface area contributed by atoms with Gasteiger partial charge in [-0.2, -0.15) is 0 Å². The third kappa shape index (κ3) is 3.14. The zero-order valence-corrected chi connectivity index (χ0v) is 13.2. The summed E-state index contributed by atoms with van der Waals surface area (Å²) in [5, 5.41) is 1.05. The number of anilines is 1. The van der Waals surface area contributed by atoms with E-state index in [1.165, 1.54) is 0 Å². The van der Waals surface area contributed by atoms with Gasteiger partial charge < -0.3 is 4.90 Å². The van der Waals surface area contributed by atoms with E-state index in [4.69, 9.17) is 16.6 Å². The summed E-state index contributed by atoms with van der Waals surface area (Å²) in [6.45, 7) is 1.19. The molecule has 0 unspecified atom stereocenters. The van der Waals surface area contributed by atoms with Gasteiger partial charge in [0.1, 0.15) is 5.82 Å². The zero-order chi connectivity index (χ0) is 14.9. The van der Waals surface area contributed by atoms with E-state index in [1.54, 1.807) is 0 Å². The fourth-order valence-electron chi connectivity index (χ4n) is 2.67. The number of hydrogen-bond donors (Lipinski definition) is 0. The lowest BCUT2D eigenvalue weighted by atomic mass is 10.1. The zero-order valence-electron chi connectivity index (χ0n) is 11.6. The second kappa shape index (κ2) is 5.81. The molecular weight excluding hydrogens is 308 g/mol. The minimum absolute atomic E-state index is 0.184. The van der Waals surface area contributed by atoms with Crippen LogP contribution in [-0.4, -0.2) is 38.0 Å². The van der Waals surface area contributed by atoms with Crippen molar-refractivity contribution in [2.45, 2.75) is 12.3 Å². The predicted molar refractivity (Wildman–Crippen MR) is 86.8 cm³/mol. The second-order valence-electron chi connectivity index (χ2n) is 5.29. The molecule has 0 bridgehead atoms. The van der Waals surface area contributed by atoms with E-state index in [2.05, 4.69) is 4.90 Å². The Hall–Kier alpha value is -1.33. The summed E-state index contributed by atoms with van der Waals surface area (Å²) in [5.74, 6) is 1.63. The number of fused-ring (bicyclic) bond motifs is 1. The Kier molecular flexibility index (Phi) is 4.04. The Labute approximate surface area is 129 Å². The molecule has 3 rings (SSSR count). The molecule has 0 radical (unpaired) electrons. The smallest absolute Gasteiger partial charge is 0.152 e. The van der Waals surface area contributed by atoms with Crippen LogP contribution in [0.3, 0.4) is 0 Å². The minimum Gasteiger partial charge on any atom is -0.355 e. The summed E-state index contributed by atoms with van der Waals surface area (Å²) >= 11 is 6.06. The number of nitrogens with zero attached hydrogens (tertiary/aromatic N) is 2. The van der Waals surface area contributed by atoms with Gasteiger partial charge in [-0.15, -0.1) is 11.6 Å². The molecule has 0 atom stereocenters. The molecule has 1 fully saturated rings. The topological polar surface area (TPSA) is 50.3 Å². The van der Waals surface area contributed by atoms with Crippen molar-refractivity contribution in [3.63, 3.8) is 0 Å². The molecule has 0 N–H and O–H groups in total. The average Bonchev–Trinajstić information content (AvgIpc) is 2.66. The summed E-state index contributed by atoms with van der Waals surface area (Å²) in [7, 11) is -2.92. The highest BCUT2D eigenvalue weighted by atomic mass is 35.5. The second-order valence-corrected chi connectivity index (χ2v) is 7.86. The number of alkyl halides is 1. The van der Waals surface area contributed by atoms with Crippen molar-refractivity contribution in [2.75, 3.05) is 29.5 Å². The molecule has 1 aromatic carbocycles. The van der Waals surface area contributed by atoms with Gasteiger partial charge in [0.15, 0.2) is 9.84 Å². The maximum atomic E-state index is 11.7. The number of rotatable bonds is 2. The molecule has 1 saturated heterocycles. The molecule has 1 aliphatic heterocycles. The molecular formula is C15H17ClN2O2S. The first-order chi connectivity index (χ1) is 10.1. The van der Waals surface area contributed by atoms with E-state index in [0.717, 1.165) is 22.3 Å². The van der Waals surface area contributed by atoms with Gasteiger partial charge in [0.25, 0.3) is 0 Å². The lowest BCUT2D eigenvalue weighted by Crippen LogP contribution is -2.28. The maximum Gasteiger partial charge on any atom is 0.152 e. The Morgan fingerprint density at radius 2 is 2.00 bits per heavy atom. The van der Waals surface area contributed by atoms with Gasteiger partial charge in [0.05, 0.1) is 22.9 Å². The number of benzene rings is 1. The lowest BCUT2D eigenvalue weighted by molar-refractivity contribution is 0.597. The van der Waals surface area contributed by atoms with Gasteiger partial charge in [-0.05, 0) is 18.6 Å². The van der Waals surface area contributed by atoms with Crippen LogP contribution < -0.4 is 4.90 Å². The van der Waals surface area contributed by atoms with E-state index in [9.17, 15) is 8.42 Å². The number of aromatic nitrogens is 1. The summed E-state index contributed by atoms with van der Waals surface area (Å²) in [6, 6.07) is 9.94. The molecule has 112 valence electrons. The summed E-state index contributed by atoms with van der Waals surface area (Å²) in [4.78, 5) is 6.76. The highest BCUT2D eigenvalue weighted by Gasteiger charge is 2.22. The van der Waals surface area contributed by atoms with Crippen LogP contribution in [0.15, 0.2) is 30.3 Å². The Morgan fingerprint density at radius 1 is 1.19 bits per heavy atom. The molecule has 1 aliphatic rings. The molecule has 1 aromatic heterocycles. The summed E-state index contributed by atoms with van der Waals surface area (Å²) in [6.07, 6.45) is 0.637. The van der Waals surface area contributed by atoms with E-state index in [0.29, 0.717) is 25.4 Å². The number of pyridine rings is 1. The van der Waals surface area contributed by atoms with Gasteiger partial charge in [-0.1, -0.05) is 18.2 Å². The normalized spacial score (nSPS) is 18.6. The van der Waals surface area contributed by atoms with Gasteiger partial charge in [-0.3, -0.25) is 0 Å². The number of hydrogen-bond acceptors (Lipinski definition) is 4. The molecule has 4 nitrogen and oxygen atoms in total. The largest absolute Gasteiger partial charge is 0.355 e. The fourth-order valence-corrected chi connectivity index (χ4v) is 4.14. The standard InChI is InChI=1S/C15H17ClN2O2S/c16-11-13-10-12-4-1-2-5-14(12)17-15(13)18-6-3-8-21(19,20)9-7-18/h1-2,4-5,10H,3,6-9,11H2. The average molecular weight is 325 g/mol. The Morgan fingerprint density at radius 3 is 2.81 bits per heavy atom. The molecule has 21 heavy (non-hydrogen) atoms. The van der Waals surface area contributed by atoms with Crippen LogP contribution in [0.2, 0.25) is 0 Å². The van der Waals surface area contributed by atoms with E-state index >= 15 is 0 Å². The van der Waals surface area contributed by atoms with Crippen molar-refractivity contribution >= 4 is 38.2 Å². The SMILES string of the molecule is O=S1(=O)CCCN(c2nc3ccccc3cc2CCl)CC1. The first-order valence-electron chi connectivity index (χ1n) is 6.99. The van der Waals surface area contributed by atoms with Crippen molar-refractivity contribution < 1.29 is 8.42 Å². The predicted octanol–water partition coefficient (Wildman–Crippen LogP) is 2.60. The first-order valence-corrected chi connectivity index (χ1v) is 9.35. The van der Waals surface area contributed by atoms with Crippen LogP contribution in [0.4, 0.5) is 5.82 Å². The molecule has 0 saturated carbocycles. The van der Waals surface area contributed by atoms with Crippen molar-refractivity contribution in [1.29, 1.82) is 0 Å². The van der Waals surface area contributed by atoms with E-state index < -0.39 is 9.84 Å². The molecule has 2 heterocycles. The van der Waals surface area contributed by atoms with Crippen LogP contribution in [0.1, 0.15) is 12.0 Å². The molecule has 2 aromatic rings. The highest BCUT2D eigenvalue weighted by molar-refractivity contribution is 7.91. The van der Waals surface area contributed by atoms with Crippen molar-refractivity contribution in [3.8, 4) is 0 Å². The van der Waals surface area contributed by atoms with Gasteiger partial charge in [0, 0.05) is 24.0 Å². The van der Waals surface area contributed by atoms with Gasteiger partial charge >= 0.3 is 0 Å². The van der Waals surface area contributed by atoms with Crippen molar-refractivity contribution in [1.82, 2.24) is 4.98 Å². The molecule has 0 amide bonds. The first kappa shape index (κ1) is 14.6. The van der Waals surface area contributed by atoms with Crippen LogP contribution in [0.25, 0.3) is 10.9 Å². The minimum atomic E-state index is -2.92. The Bertz CT molecular complexity index is 761. The number of sulfone groups is 1. The van der Waals surface area contributed by atoms with Crippen LogP contribution in [0, 0.1) is 0 Å². The van der Waals surface area contributed by atoms with E-state index in [1.807, 2.05) is 30.3 Å². The van der Waals surface area contributed by atoms with Crippen LogP contribution >= 0.6 is 11.6 Å².